The van der Waals surface area contributed by atoms with E-state index in [2.05, 4.69) is 12.2 Å². The molecule has 0 unspecified atom stereocenters. The van der Waals surface area contributed by atoms with Crippen molar-refractivity contribution in [3.05, 3.63) is 0 Å². The average molecular weight is 255 g/mol. The van der Waals surface area contributed by atoms with E-state index in [1.54, 1.807) is 0 Å². The van der Waals surface area contributed by atoms with Crippen LogP contribution in [0.1, 0.15) is 52.9 Å². The molecule has 0 bridgehead atoms. The predicted octanol–water partition coefficient (Wildman–Crippen LogP) is 2.43. The summed E-state index contributed by atoms with van der Waals surface area (Å²) in [5, 5.41) is 11.9. The highest BCUT2D eigenvalue weighted by atomic mass is 16.4. The minimum Gasteiger partial charge on any atom is -0.480 e. The first-order chi connectivity index (χ1) is 8.47. The molecule has 1 aliphatic carbocycles. The van der Waals surface area contributed by atoms with Crippen LogP contribution >= 0.6 is 0 Å². The standard InChI is InChI=1S/C14H25NO3/c1-4-9(2)12(14(17)18)15-13(16)11-8-6-5-7-10(11)3/h9-12H,4-8H2,1-3H3,(H,15,16)(H,17,18)/t9-,10-,11+,12-/m0/s1. The maximum Gasteiger partial charge on any atom is 0.326 e. The molecule has 0 aromatic carbocycles. The van der Waals surface area contributed by atoms with E-state index in [0.717, 1.165) is 25.7 Å². The van der Waals surface area contributed by atoms with E-state index in [0.29, 0.717) is 5.92 Å². The fourth-order valence-corrected chi connectivity index (χ4v) is 2.65. The van der Waals surface area contributed by atoms with Gasteiger partial charge in [-0.15, -0.1) is 0 Å². The molecular formula is C14H25NO3. The number of amides is 1. The number of carbonyl (C=O) groups is 2. The van der Waals surface area contributed by atoms with Crippen molar-refractivity contribution in [1.29, 1.82) is 0 Å². The zero-order valence-electron chi connectivity index (χ0n) is 11.6. The molecule has 104 valence electrons. The Morgan fingerprint density at radius 3 is 2.44 bits per heavy atom. The summed E-state index contributed by atoms with van der Waals surface area (Å²) in [6.45, 7) is 5.89. The van der Waals surface area contributed by atoms with Gasteiger partial charge in [-0.2, -0.15) is 0 Å². The Balaban J connectivity index is 2.63. The number of carbonyl (C=O) groups excluding carboxylic acids is 1. The first-order valence-electron chi connectivity index (χ1n) is 7.00. The van der Waals surface area contributed by atoms with Crippen LogP contribution in [0.25, 0.3) is 0 Å². The van der Waals surface area contributed by atoms with Crippen LogP contribution in [0.2, 0.25) is 0 Å². The summed E-state index contributed by atoms with van der Waals surface area (Å²) >= 11 is 0. The zero-order chi connectivity index (χ0) is 13.7. The first kappa shape index (κ1) is 15.0. The van der Waals surface area contributed by atoms with Gasteiger partial charge in [0.05, 0.1) is 0 Å². The van der Waals surface area contributed by atoms with E-state index in [9.17, 15) is 14.7 Å². The summed E-state index contributed by atoms with van der Waals surface area (Å²) < 4.78 is 0. The van der Waals surface area contributed by atoms with Gasteiger partial charge in [-0.05, 0) is 24.7 Å². The number of aliphatic carboxylic acids is 1. The summed E-state index contributed by atoms with van der Waals surface area (Å²) in [5.74, 6) is -0.684. The summed E-state index contributed by atoms with van der Waals surface area (Å²) in [6, 6.07) is -0.753. The Morgan fingerprint density at radius 2 is 1.94 bits per heavy atom. The molecule has 18 heavy (non-hydrogen) atoms. The number of carboxylic acids is 1. The molecule has 0 radical (unpaired) electrons. The summed E-state index contributed by atoms with van der Waals surface area (Å²) in [4.78, 5) is 23.4. The Morgan fingerprint density at radius 1 is 1.33 bits per heavy atom. The number of hydrogen-bond acceptors (Lipinski definition) is 2. The second kappa shape index (κ2) is 6.76. The lowest BCUT2D eigenvalue weighted by Crippen LogP contribution is -2.48. The van der Waals surface area contributed by atoms with E-state index in [4.69, 9.17) is 0 Å². The van der Waals surface area contributed by atoms with Gasteiger partial charge in [-0.1, -0.05) is 40.0 Å². The summed E-state index contributed by atoms with van der Waals surface area (Å²) in [7, 11) is 0. The Bertz CT molecular complexity index is 303. The van der Waals surface area contributed by atoms with Crippen LogP contribution in [0, 0.1) is 17.8 Å². The van der Waals surface area contributed by atoms with Gasteiger partial charge in [0.25, 0.3) is 0 Å². The van der Waals surface area contributed by atoms with Crippen molar-refractivity contribution >= 4 is 11.9 Å². The van der Waals surface area contributed by atoms with Crippen LogP contribution in [0.5, 0.6) is 0 Å². The molecule has 1 saturated carbocycles. The monoisotopic (exact) mass is 255 g/mol. The highest BCUT2D eigenvalue weighted by molar-refractivity contribution is 5.85. The molecule has 0 saturated heterocycles. The maximum atomic E-state index is 12.2. The molecule has 4 atom stereocenters. The van der Waals surface area contributed by atoms with Gasteiger partial charge in [-0.25, -0.2) is 4.79 Å². The van der Waals surface area contributed by atoms with Crippen LogP contribution in [-0.4, -0.2) is 23.0 Å². The quantitative estimate of drug-likeness (QED) is 0.793. The topological polar surface area (TPSA) is 66.4 Å². The minimum absolute atomic E-state index is 0.00958. The van der Waals surface area contributed by atoms with Crippen LogP contribution in [0.15, 0.2) is 0 Å². The van der Waals surface area contributed by atoms with Crippen molar-refractivity contribution in [1.82, 2.24) is 5.32 Å². The molecule has 0 aromatic heterocycles. The summed E-state index contributed by atoms with van der Waals surface area (Å²) in [5.41, 5.74) is 0. The normalized spacial score (nSPS) is 27.3. The fourth-order valence-electron chi connectivity index (χ4n) is 2.65. The molecule has 0 spiro atoms. The molecule has 2 N–H and O–H groups in total. The van der Waals surface area contributed by atoms with Crippen molar-refractivity contribution in [2.75, 3.05) is 0 Å². The molecule has 1 rings (SSSR count). The second-order valence-electron chi connectivity index (χ2n) is 5.58. The Labute approximate surface area is 109 Å². The molecule has 0 heterocycles. The van der Waals surface area contributed by atoms with E-state index in [1.165, 1.54) is 6.42 Å². The third-order valence-electron chi connectivity index (χ3n) is 4.23. The Kier molecular flexibility index (Phi) is 5.63. The Hall–Kier alpha value is -1.06. The zero-order valence-corrected chi connectivity index (χ0v) is 11.6. The smallest absolute Gasteiger partial charge is 0.326 e. The third-order valence-corrected chi connectivity index (χ3v) is 4.23. The van der Waals surface area contributed by atoms with Gasteiger partial charge in [0, 0.05) is 5.92 Å². The van der Waals surface area contributed by atoms with Gasteiger partial charge in [0.15, 0.2) is 0 Å². The molecule has 0 aliphatic heterocycles. The van der Waals surface area contributed by atoms with Crippen molar-refractivity contribution in [3.63, 3.8) is 0 Å². The van der Waals surface area contributed by atoms with Gasteiger partial charge in [-0.3, -0.25) is 4.79 Å². The van der Waals surface area contributed by atoms with Gasteiger partial charge >= 0.3 is 5.97 Å². The van der Waals surface area contributed by atoms with Gasteiger partial charge in [0.2, 0.25) is 5.91 Å². The van der Waals surface area contributed by atoms with Crippen molar-refractivity contribution in [3.8, 4) is 0 Å². The molecule has 1 amide bonds. The first-order valence-corrected chi connectivity index (χ1v) is 7.00. The highest BCUT2D eigenvalue weighted by Crippen LogP contribution is 2.29. The van der Waals surface area contributed by atoms with Crippen molar-refractivity contribution in [2.45, 2.75) is 58.9 Å². The predicted molar refractivity (Wildman–Crippen MR) is 70.1 cm³/mol. The number of carboxylic acid groups (broad SMARTS) is 1. The van der Waals surface area contributed by atoms with E-state index < -0.39 is 12.0 Å². The SMILES string of the molecule is CC[C@H](C)[C@H](NC(=O)[C@@H]1CCCC[C@@H]1C)C(=O)O. The maximum absolute atomic E-state index is 12.2. The lowest BCUT2D eigenvalue weighted by molar-refractivity contribution is -0.144. The fraction of sp³-hybridized carbons (Fsp3) is 0.857. The van der Waals surface area contributed by atoms with E-state index in [-0.39, 0.29) is 17.7 Å². The largest absolute Gasteiger partial charge is 0.480 e. The summed E-state index contributed by atoms with van der Waals surface area (Å²) in [6.07, 6.45) is 4.96. The van der Waals surface area contributed by atoms with E-state index in [1.807, 2.05) is 13.8 Å². The van der Waals surface area contributed by atoms with Crippen molar-refractivity contribution in [2.24, 2.45) is 17.8 Å². The van der Waals surface area contributed by atoms with Crippen LogP contribution in [-0.2, 0) is 9.59 Å². The molecule has 4 nitrogen and oxygen atoms in total. The third kappa shape index (κ3) is 3.72. The highest BCUT2D eigenvalue weighted by Gasteiger charge is 2.32. The number of nitrogens with one attached hydrogen (secondary N) is 1. The minimum atomic E-state index is -0.929. The number of hydrogen-bond donors (Lipinski definition) is 2. The van der Waals surface area contributed by atoms with Crippen LogP contribution in [0.3, 0.4) is 0 Å². The van der Waals surface area contributed by atoms with Crippen LogP contribution in [0.4, 0.5) is 0 Å². The second-order valence-corrected chi connectivity index (χ2v) is 5.58. The van der Waals surface area contributed by atoms with E-state index >= 15 is 0 Å². The molecule has 0 aromatic rings. The average Bonchev–Trinajstić information content (AvgIpc) is 2.35. The lowest BCUT2D eigenvalue weighted by atomic mass is 9.79. The lowest BCUT2D eigenvalue weighted by Gasteiger charge is -2.30. The molecular weight excluding hydrogens is 230 g/mol. The molecule has 1 aliphatic rings. The van der Waals surface area contributed by atoms with Gasteiger partial charge < -0.3 is 10.4 Å². The van der Waals surface area contributed by atoms with Gasteiger partial charge in [0.1, 0.15) is 6.04 Å². The van der Waals surface area contributed by atoms with Crippen LogP contribution < -0.4 is 5.32 Å². The molecule has 1 fully saturated rings. The number of rotatable bonds is 5. The van der Waals surface area contributed by atoms with Crippen molar-refractivity contribution < 1.29 is 14.7 Å². The molecule has 4 heteroatoms.